The van der Waals surface area contributed by atoms with Crippen molar-refractivity contribution >= 4 is 31.3 Å². The van der Waals surface area contributed by atoms with Gasteiger partial charge in [0.05, 0.1) is 13.2 Å². The molecule has 12 atom stereocenters. The van der Waals surface area contributed by atoms with Gasteiger partial charge >= 0.3 is 42.7 Å². The van der Waals surface area contributed by atoms with Crippen LogP contribution in [-0.2, 0) is 49.7 Å². The first-order chi connectivity index (χ1) is 22.5. The quantitative estimate of drug-likeness (QED) is 0.0811. The van der Waals surface area contributed by atoms with Gasteiger partial charge in [0.15, 0.2) is 12.5 Å². The molecule has 0 amide bonds. The fourth-order valence-electron chi connectivity index (χ4n) is 4.25. The lowest BCUT2D eigenvalue weighted by molar-refractivity contribution is -0.0544. The maximum absolute atomic E-state index is 12.2. The first-order valence-electron chi connectivity index (χ1n) is 12.9. The number of nitrogens with zero attached hydrogens (tertiary/aromatic N) is 2. The van der Waals surface area contributed by atoms with E-state index in [2.05, 4.69) is 22.0 Å². The molecule has 2 fully saturated rings. The van der Waals surface area contributed by atoms with Gasteiger partial charge in [-0.3, -0.25) is 37.7 Å². The van der Waals surface area contributed by atoms with Crippen molar-refractivity contribution in [1.29, 1.82) is 0 Å². The molecule has 2 aromatic heterocycles. The number of aliphatic hydroxyl groups excluding tert-OH is 4. The van der Waals surface area contributed by atoms with Gasteiger partial charge in [0.1, 0.15) is 36.6 Å². The minimum absolute atomic E-state index is 0.642. The van der Waals surface area contributed by atoms with E-state index in [4.69, 9.17) is 9.47 Å². The second-order valence-corrected chi connectivity index (χ2v) is 16.1. The van der Waals surface area contributed by atoms with Crippen molar-refractivity contribution in [2.75, 3.05) is 13.2 Å². The summed E-state index contributed by atoms with van der Waals surface area (Å²) in [6.07, 6.45) is -12.6. The number of hydrogen-bond donors (Lipinski definition) is 10. The number of aromatic amines is 2. The zero-order valence-electron chi connectivity index (χ0n) is 23.7. The molecular weight excluding hydrogens is 764 g/mol. The van der Waals surface area contributed by atoms with E-state index < -0.39 is 116 Å². The molecule has 0 bridgehead atoms. The van der Waals surface area contributed by atoms with Gasteiger partial charge in [0.25, 0.3) is 11.1 Å². The number of ether oxygens (including phenoxy) is 2. The third-order valence-corrected chi connectivity index (χ3v) is 12.3. The molecule has 2 aliphatic rings. The molecule has 0 aromatic carbocycles. The summed E-state index contributed by atoms with van der Waals surface area (Å²) in [5.74, 6) is 0. The van der Waals surface area contributed by atoms with E-state index in [1.165, 1.54) is 0 Å². The van der Waals surface area contributed by atoms with Crippen LogP contribution in [0.15, 0.2) is 43.7 Å². The fourth-order valence-corrected chi connectivity index (χ4v) is 9.20. The van der Waals surface area contributed by atoms with E-state index in [1.807, 2.05) is 9.97 Å². The third-order valence-electron chi connectivity index (χ3n) is 6.35. The van der Waals surface area contributed by atoms with Gasteiger partial charge in [-0.05, 0) is 0 Å². The van der Waals surface area contributed by atoms with Crippen LogP contribution in [0.2, 0.25) is 0 Å². The molecule has 27 nitrogen and oxygen atoms in total. The van der Waals surface area contributed by atoms with Crippen LogP contribution in [0, 0.1) is 0 Å². The summed E-state index contributed by atoms with van der Waals surface area (Å²) in [6, 6.07) is 1.73. The van der Waals surface area contributed by atoms with Crippen molar-refractivity contribution in [3.63, 3.8) is 0 Å². The van der Waals surface area contributed by atoms with Gasteiger partial charge in [-0.1, -0.05) is 0 Å². The van der Waals surface area contributed by atoms with Crippen LogP contribution >= 0.6 is 31.3 Å². The first-order valence-corrected chi connectivity index (χ1v) is 18.9. The average Bonchev–Trinajstić information content (AvgIpc) is 3.38. The summed E-state index contributed by atoms with van der Waals surface area (Å²) in [5, 5.41) is 40.7. The molecule has 31 heteroatoms. The summed E-state index contributed by atoms with van der Waals surface area (Å²) in [6.45, 7) is -2.43. The van der Waals surface area contributed by atoms with Crippen molar-refractivity contribution in [3.05, 3.63) is 66.2 Å². The maximum atomic E-state index is 12.2. The minimum atomic E-state index is -6.24. The summed E-state index contributed by atoms with van der Waals surface area (Å²) in [5.41, 5.74) is -3.78. The highest BCUT2D eigenvalue weighted by atomic mass is 31.3. The van der Waals surface area contributed by atoms with Crippen LogP contribution in [0.5, 0.6) is 0 Å². The standard InChI is InChI=1S/C18H26N4O23P4/c23-9-1-3-21(17(29)19-9)15-13(27)11(25)7(41-15)5-39-46(31,32)43-48(35,36)45-49(37,38)44-47(33,34)40-6-8-12(26)14(28)16(42-8)22-4-2-10(24)20-18(22)30/h1-4,7-8,11-16,25-28H,5-6H2,(H,31,32)(H,33,34)(H,35,36)(H,37,38)(H,19,23,29)(H,20,24,30)/t7-,8+,11+,12?,13?,14-,15-,16+/m1/s1. The van der Waals surface area contributed by atoms with Crippen LogP contribution in [0.1, 0.15) is 12.5 Å². The molecule has 10 N–H and O–H groups in total. The van der Waals surface area contributed by atoms with Crippen LogP contribution in [-0.4, -0.2) is 109 Å². The normalized spacial score (nSPS) is 32.2. The van der Waals surface area contributed by atoms with Gasteiger partial charge in [-0.15, -0.1) is 0 Å². The number of aromatic nitrogens is 4. The number of phosphoric acid groups is 4. The third kappa shape index (κ3) is 9.93. The molecule has 2 aliphatic heterocycles. The Morgan fingerprint density at radius 1 is 0.592 bits per heavy atom. The lowest BCUT2D eigenvalue weighted by Crippen LogP contribution is -2.37. The lowest BCUT2D eigenvalue weighted by Gasteiger charge is -2.21. The zero-order chi connectivity index (χ0) is 36.7. The van der Waals surface area contributed by atoms with E-state index in [0.29, 0.717) is 9.13 Å². The Labute approximate surface area is 268 Å². The molecule has 276 valence electrons. The zero-order valence-corrected chi connectivity index (χ0v) is 27.3. The molecule has 2 saturated heterocycles. The van der Waals surface area contributed by atoms with Crippen LogP contribution in [0.4, 0.5) is 0 Å². The van der Waals surface area contributed by atoms with E-state index in [-0.39, 0.29) is 0 Å². The Bertz CT molecular complexity index is 1820. The largest absolute Gasteiger partial charge is 0.490 e. The molecule has 4 heterocycles. The molecule has 0 spiro atoms. The highest BCUT2D eigenvalue weighted by molar-refractivity contribution is 7.69. The Morgan fingerprint density at radius 2 is 0.918 bits per heavy atom. The second-order valence-electron chi connectivity index (χ2n) is 9.84. The molecule has 0 aliphatic carbocycles. The highest BCUT2D eigenvalue weighted by Gasteiger charge is 2.49. The Balaban J connectivity index is 1.31. The molecular formula is C18H26N4O23P4. The van der Waals surface area contributed by atoms with Gasteiger partial charge in [0, 0.05) is 24.5 Å². The SMILES string of the molecule is O=c1ccn([C@@H]2O[C@H](COP(=O)(O)OP(=O)(O)OP(=O)(O)OP(=O)(O)OC[C@@H]3O[C@H](n4ccc(=O)[nH]c4=O)[C@H](O)C3O)[C@H](O)C2O)c(=O)[nH]1. The summed E-state index contributed by atoms with van der Waals surface area (Å²) in [7, 11) is -24.1. The van der Waals surface area contributed by atoms with Crippen LogP contribution in [0.3, 0.4) is 0 Å². The number of hydrogen-bond acceptors (Lipinski definition) is 19. The summed E-state index contributed by atoms with van der Waals surface area (Å²) < 4.78 is 80.5. The molecule has 6 unspecified atom stereocenters. The minimum Gasteiger partial charge on any atom is -0.387 e. The highest BCUT2D eigenvalue weighted by Crippen LogP contribution is 2.71. The number of nitrogens with one attached hydrogen (secondary N) is 2. The summed E-state index contributed by atoms with van der Waals surface area (Å²) >= 11 is 0. The predicted molar refractivity (Wildman–Crippen MR) is 149 cm³/mol. The Morgan fingerprint density at radius 3 is 1.24 bits per heavy atom. The smallest absolute Gasteiger partial charge is 0.387 e. The molecule has 4 rings (SSSR count). The van der Waals surface area contributed by atoms with Gasteiger partial charge in [-0.25, -0.2) is 27.8 Å². The number of aliphatic hydroxyl groups is 4. The number of phosphoric ester groups is 2. The van der Waals surface area contributed by atoms with Crippen molar-refractivity contribution in [2.24, 2.45) is 0 Å². The second kappa shape index (κ2) is 14.7. The lowest BCUT2D eigenvalue weighted by atomic mass is 10.1. The van der Waals surface area contributed by atoms with Gasteiger partial charge in [-0.2, -0.15) is 12.9 Å². The van der Waals surface area contributed by atoms with Crippen molar-refractivity contribution in [2.45, 2.75) is 49.1 Å². The molecule has 0 radical (unpaired) electrons. The topological polar surface area (TPSA) is 404 Å². The molecule has 2 aromatic rings. The van der Waals surface area contributed by atoms with E-state index in [9.17, 15) is 77.4 Å². The fraction of sp³-hybridized carbons (Fsp3) is 0.556. The average molecular weight is 790 g/mol. The molecule has 49 heavy (non-hydrogen) atoms. The van der Waals surface area contributed by atoms with E-state index in [1.54, 1.807) is 0 Å². The van der Waals surface area contributed by atoms with Crippen LogP contribution < -0.4 is 22.5 Å². The monoisotopic (exact) mass is 790 g/mol. The van der Waals surface area contributed by atoms with E-state index >= 15 is 0 Å². The van der Waals surface area contributed by atoms with Gasteiger partial charge in [0.2, 0.25) is 0 Å². The van der Waals surface area contributed by atoms with Crippen molar-refractivity contribution in [3.8, 4) is 0 Å². The maximum Gasteiger partial charge on any atom is 0.490 e. The number of rotatable bonds is 14. The number of H-pyrrole nitrogens is 2. The molecule has 0 saturated carbocycles. The van der Waals surface area contributed by atoms with E-state index in [0.717, 1.165) is 24.5 Å². The predicted octanol–water partition coefficient (Wildman–Crippen LogP) is -4.19. The van der Waals surface area contributed by atoms with Gasteiger partial charge < -0.3 is 49.5 Å². The first kappa shape index (κ1) is 39.5. The van der Waals surface area contributed by atoms with Crippen LogP contribution in [0.25, 0.3) is 0 Å². The Kier molecular flexibility index (Phi) is 11.9. The summed E-state index contributed by atoms with van der Waals surface area (Å²) in [4.78, 5) is 89.1. The Hall–Kier alpha value is -2.32. The van der Waals surface area contributed by atoms with Crippen molar-refractivity contribution < 1.29 is 89.7 Å². The van der Waals surface area contributed by atoms with Crippen molar-refractivity contribution in [1.82, 2.24) is 19.1 Å².